The van der Waals surface area contributed by atoms with Gasteiger partial charge in [-0.15, -0.1) is 0 Å². The van der Waals surface area contributed by atoms with Gasteiger partial charge in [0, 0.05) is 36.4 Å². The van der Waals surface area contributed by atoms with E-state index in [0.717, 1.165) is 28.1 Å². The van der Waals surface area contributed by atoms with Gasteiger partial charge in [-0.2, -0.15) is 0 Å². The summed E-state index contributed by atoms with van der Waals surface area (Å²) in [6.45, 7) is 0.599. The molecule has 1 aliphatic rings. The number of imidazole rings is 1. The number of H-pyrrole nitrogens is 1. The highest BCUT2D eigenvalue weighted by Crippen LogP contribution is 2.33. The van der Waals surface area contributed by atoms with E-state index in [1.54, 1.807) is 49.3 Å². The van der Waals surface area contributed by atoms with Crippen LogP contribution in [0.25, 0.3) is 17.7 Å². The molecule has 36 heavy (non-hydrogen) atoms. The average molecular weight is 479 g/mol. The number of rotatable bonds is 7. The van der Waals surface area contributed by atoms with Crippen molar-refractivity contribution < 1.29 is 9.59 Å². The summed E-state index contributed by atoms with van der Waals surface area (Å²) in [5.41, 5.74) is 4.35. The molecule has 0 saturated carbocycles. The largest absolute Gasteiger partial charge is 0.348 e. The Morgan fingerprint density at radius 1 is 1.08 bits per heavy atom. The lowest BCUT2D eigenvalue weighted by molar-refractivity contribution is -0.110. The zero-order valence-corrected chi connectivity index (χ0v) is 19.1. The van der Waals surface area contributed by atoms with Gasteiger partial charge in [0.1, 0.15) is 5.56 Å². The number of carbonyl (C=O) groups excluding carboxylic acids is 2. The van der Waals surface area contributed by atoms with Crippen molar-refractivity contribution in [3.05, 3.63) is 118 Å². The van der Waals surface area contributed by atoms with Crippen LogP contribution in [0.3, 0.4) is 0 Å². The number of aromatic nitrogens is 4. The van der Waals surface area contributed by atoms with Crippen molar-refractivity contribution in [2.45, 2.75) is 6.54 Å². The smallest absolute Gasteiger partial charge is 0.263 e. The predicted molar refractivity (Wildman–Crippen MR) is 137 cm³/mol. The number of nitrogens with one attached hydrogen (secondary N) is 3. The summed E-state index contributed by atoms with van der Waals surface area (Å²) in [6, 6.07) is 12.5. The summed E-state index contributed by atoms with van der Waals surface area (Å²) >= 11 is 0. The molecule has 4 heterocycles. The molecule has 2 amide bonds. The second-order valence-electron chi connectivity index (χ2n) is 8.15. The minimum Gasteiger partial charge on any atom is -0.348 e. The molecule has 0 radical (unpaired) electrons. The van der Waals surface area contributed by atoms with Crippen LogP contribution in [0.5, 0.6) is 0 Å². The second kappa shape index (κ2) is 10.1. The maximum Gasteiger partial charge on any atom is 0.263 e. The normalized spacial score (nSPS) is 13.7. The molecule has 1 aliphatic heterocycles. The van der Waals surface area contributed by atoms with E-state index in [1.165, 1.54) is 10.6 Å². The Morgan fingerprint density at radius 3 is 2.75 bits per heavy atom. The van der Waals surface area contributed by atoms with Gasteiger partial charge in [0.15, 0.2) is 0 Å². The first-order chi connectivity index (χ1) is 17.6. The maximum atomic E-state index is 12.8. The second-order valence-corrected chi connectivity index (χ2v) is 8.15. The first-order valence-electron chi connectivity index (χ1n) is 11.3. The molecule has 178 valence electrons. The number of anilines is 1. The first kappa shape index (κ1) is 22.7. The minimum absolute atomic E-state index is 0.0804. The summed E-state index contributed by atoms with van der Waals surface area (Å²) in [5, 5.41) is 5.63. The highest BCUT2D eigenvalue weighted by molar-refractivity contribution is 6.34. The number of pyridine rings is 2. The highest BCUT2D eigenvalue weighted by atomic mass is 16.2. The quantitative estimate of drug-likeness (QED) is 0.353. The standard InChI is InChI=1S/C27H22N6O3/c34-25(22-4-2-12-33(27(22)36)16-19-7-10-28-11-8-19)30-9-1-3-18-5-6-21-23(14-20-15-29-17-31-20)26(35)32-24(21)13-18/h1-8,10-15,17H,9,16H2,(H,29,31)(H,30,34)(H,32,35). The summed E-state index contributed by atoms with van der Waals surface area (Å²) in [6.07, 6.45) is 13.6. The molecule has 0 fully saturated rings. The molecule has 1 aromatic carbocycles. The van der Waals surface area contributed by atoms with Gasteiger partial charge in [-0.25, -0.2) is 4.98 Å². The number of nitrogens with zero attached hydrogens (tertiary/aromatic N) is 3. The maximum absolute atomic E-state index is 12.8. The van der Waals surface area contributed by atoms with E-state index < -0.39 is 5.91 Å². The van der Waals surface area contributed by atoms with Crippen LogP contribution < -0.4 is 16.2 Å². The molecule has 0 spiro atoms. The molecule has 0 unspecified atom stereocenters. The van der Waals surface area contributed by atoms with Crippen molar-refractivity contribution in [1.82, 2.24) is 24.8 Å². The van der Waals surface area contributed by atoms with Crippen LogP contribution >= 0.6 is 0 Å². The Hall–Kier alpha value is -5.05. The Bertz CT molecular complexity index is 1540. The lowest BCUT2D eigenvalue weighted by Gasteiger charge is -2.08. The van der Waals surface area contributed by atoms with E-state index >= 15 is 0 Å². The number of benzene rings is 1. The van der Waals surface area contributed by atoms with Gasteiger partial charge in [-0.1, -0.05) is 24.3 Å². The predicted octanol–water partition coefficient (Wildman–Crippen LogP) is 2.95. The van der Waals surface area contributed by atoms with Gasteiger partial charge in [-0.05, 0) is 47.5 Å². The summed E-state index contributed by atoms with van der Waals surface area (Å²) in [5.74, 6) is -0.617. The van der Waals surface area contributed by atoms with Gasteiger partial charge >= 0.3 is 0 Å². The monoisotopic (exact) mass is 478 g/mol. The summed E-state index contributed by atoms with van der Waals surface area (Å²) in [4.78, 5) is 48.7. The third-order valence-corrected chi connectivity index (χ3v) is 5.70. The van der Waals surface area contributed by atoms with Crippen LogP contribution in [0.2, 0.25) is 0 Å². The number of aromatic amines is 1. The van der Waals surface area contributed by atoms with Crippen molar-refractivity contribution >= 4 is 35.2 Å². The van der Waals surface area contributed by atoms with Crippen LogP contribution in [0, 0.1) is 0 Å². The fourth-order valence-corrected chi connectivity index (χ4v) is 3.92. The van der Waals surface area contributed by atoms with Crippen molar-refractivity contribution in [3.8, 4) is 0 Å². The Balaban J connectivity index is 1.22. The lowest BCUT2D eigenvalue weighted by atomic mass is 10.0. The van der Waals surface area contributed by atoms with Crippen LogP contribution in [-0.4, -0.2) is 37.9 Å². The summed E-state index contributed by atoms with van der Waals surface area (Å²) in [7, 11) is 0. The van der Waals surface area contributed by atoms with Crippen molar-refractivity contribution in [1.29, 1.82) is 0 Å². The Morgan fingerprint density at radius 2 is 1.94 bits per heavy atom. The molecule has 0 aliphatic carbocycles. The Kier molecular flexibility index (Phi) is 6.35. The van der Waals surface area contributed by atoms with E-state index in [2.05, 4.69) is 25.6 Å². The molecular formula is C27H22N6O3. The van der Waals surface area contributed by atoms with Gasteiger partial charge in [0.05, 0.1) is 30.3 Å². The molecular weight excluding hydrogens is 456 g/mol. The number of amides is 2. The van der Waals surface area contributed by atoms with E-state index in [1.807, 2.05) is 36.4 Å². The van der Waals surface area contributed by atoms with Gasteiger partial charge in [-0.3, -0.25) is 19.4 Å². The Labute approximate surface area is 206 Å². The SMILES string of the molecule is O=C1Nc2cc(C=CCNC(=O)c3cccn(Cc4ccncc4)c3=O)ccc2C1=Cc1cnc[nH]1. The van der Waals surface area contributed by atoms with Crippen molar-refractivity contribution in [2.24, 2.45) is 0 Å². The van der Waals surface area contributed by atoms with Crippen LogP contribution in [0.15, 0.2) is 84.4 Å². The van der Waals surface area contributed by atoms with Crippen LogP contribution in [0.1, 0.15) is 32.7 Å². The fraction of sp³-hybridized carbons (Fsp3) is 0.0741. The van der Waals surface area contributed by atoms with Gasteiger partial charge < -0.3 is 20.2 Å². The third kappa shape index (κ3) is 4.90. The molecule has 0 bridgehead atoms. The zero-order chi connectivity index (χ0) is 24.9. The molecule has 3 aromatic heterocycles. The number of hydrogen-bond donors (Lipinski definition) is 3. The van der Waals surface area contributed by atoms with Gasteiger partial charge in [0.2, 0.25) is 0 Å². The number of hydrogen-bond acceptors (Lipinski definition) is 5. The lowest BCUT2D eigenvalue weighted by Crippen LogP contribution is -2.33. The van der Waals surface area contributed by atoms with E-state index in [4.69, 9.17) is 0 Å². The minimum atomic E-state index is -0.441. The molecule has 9 nitrogen and oxygen atoms in total. The van der Waals surface area contributed by atoms with Crippen LogP contribution in [-0.2, 0) is 11.3 Å². The van der Waals surface area contributed by atoms with E-state index in [-0.39, 0.29) is 23.6 Å². The van der Waals surface area contributed by atoms with Crippen molar-refractivity contribution in [2.75, 3.05) is 11.9 Å². The molecule has 0 atom stereocenters. The van der Waals surface area contributed by atoms with Gasteiger partial charge in [0.25, 0.3) is 17.4 Å². The molecule has 5 rings (SSSR count). The molecule has 9 heteroatoms. The molecule has 4 aromatic rings. The average Bonchev–Trinajstić information content (AvgIpc) is 3.51. The summed E-state index contributed by atoms with van der Waals surface area (Å²) < 4.78 is 1.49. The first-order valence-corrected chi connectivity index (χ1v) is 11.3. The number of carbonyl (C=O) groups is 2. The number of fused-ring (bicyclic) bond motifs is 1. The van der Waals surface area contributed by atoms with Crippen LogP contribution in [0.4, 0.5) is 5.69 Å². The highest BCUT2D eigenvalue weighted by Gasteiger charge is 2.24. The third-order valence-electron chi connectivity index (χ3n) is 5.70. The van der Waals surface area contributed by atoms with E-state index in [9.17, 15) is 14.4 Å². The molecule has 0 saturated heterocycles. The topological polar surface area (TPSA) is 122 Å². The van der Waals surface area contributed by atoms with E-state index in [0.29, 0.717) is 12.1 Å². The fourth-order valence-electron chi connectivity index (χ4n) is 3.92. The zero-order valence-electron chi connectivity index (χ0n) is 19.1. The van der Waals surface area contributed by atoms with Crippen molar-refractivity contribution in [3.63, 3.8) is 0 Å². The molecule has 3 N–H and O–H groups in total.